The minimum Gasteiger partial charge on any atom is -0.378 e. The minimum atomic E-state index is -3.19. The van der Waals surface area contributed by atoms with E-state index in [1.54, 1.807) is 13.8 Å². The van der Waals surface area contributed by atoms with Crippen molar-refractivity contribution in [2.24, 2.45) is 0 Å². The lowest BCUT2D eigenvalue weighted by Gasteiger charge is -2.23. The van der Waals surface area contributed by atoms with E-state index in [9.17, 15) is 8.42 Å². The second-order valence-electron chi connectivity index (χ2n) is 5.08. The summed E-state index contributed by atoms with van der Waals surface area (Å²) >= 11 is 0. The van der Waals surface area contributed by atoms with Crippen molar-refractivity contribution in [3.8, 4) is 0 Å². The Bertz CT molecular complexity index is 493. The normalized spacial score (nSPS) is 12.2. The number of hydrogen-bond donors (Lipinski definition) is 0. The van der Waals surface area contributed by atoms with Crippen LogP contribution in [0.1, 0.15) is 26.3 Å². The van der Waals surface area contributed by atoms with E-state index < -0.39 is 10.0 Å². The molecule has 0 aliphatic rings. The van der Waals surface area contributed by atoms with Crippen molar-refractivity contribution in [1.29, 1.82) is 0 Å². The SMILES string of the molecule is CCN(Cc1ccc(N(C)C)cc1)S(=O)(=O)C(C)C. The van der Waals surface area contributed by atoms with Crippen LogP contribution in [0.4, 0.5) is 5.69 Å². The van der Waals surface area contributed by atoms with Gasteiger partial charge in [0.15, 0.2) is 0 Å². The van der Waals surface area contributed by atoms with Crippen LogP contribution in [0.3, 0.4) is 0 Å². The molecule has 0 unspecified atom stereocenters. The molecule has 19 heavy (non-hydrogen) atoms. The van der Waals surface area contributed by atoms with Crippen LogP contribution in [-0.4, -0.2) is 38.6 Å². The molecule has 0 bridgehead atoms. The predicted octanol–water partition coefficient (Wildman–Crippen LogP) is 2.31. The van der Waals surface area contributed by atoms with E-state index in [-0.39, 0.29) is 5.25 Å². The van der Waals surface area contributed by atoms with Gasteiger partial charge in [0.1, 0.15) is 0 Å². The monoisotopic (exact) mass is 284 g/mol. The number of nitrogens with zero attached hydrogens (tertiary/aromatic N) is 2. The molecule has 1 aromatic carbocycles. The van der Waals surface area contributed by atoms with Crippen LogP contribution >= 0.6 is 0 Å². The quantitative estimate of drug-likeness (QED) is 0.805. The maximum atomic E-state index is 12.2. The van der Waals surface area contributed by atoms with E-state index in [2.05, 4.69) is 0 Å². The van der Waals surface area contributed by atoms with Gasteiger partial charge in [0.25, 0.3) is 0 Å². The van der Waals surface area contributed by atoms with Crippen LogP contribution in [0.15, 0.2) is 24.3 Å². The molecule has 5 heteroatoms. The fourth-order valence-electron chi connectivity index (χ4n) is 1.78. The highest BCUT2D eigenvalue weighted by Gasteiger charge is 2.24. The lowest BCUT2D eigenvalue weighted by atomic mass is 10.2. The third-order valence-corrected chi connectivity index (χ3v) is 5.42. The summed E-state index contributed by atoms with van der Waals surface area (Å²) in [7, 11) is 0.775. The first-order chi connectivity index (χ1) is 8.78. The van der Waals surface area contributed by atoms with Gasteiger partial charge in [0.2, 0.25) is 10.0 Å². The molecule has 0 atom stereocenters. The summed E-state index contributed by atoms with van der Waals surface area (Å²) in [6.45, 7) is 6.23. The van der Waals surface area contributed by atoms with Gasteiger partial charge in [0.05, 0.1) is 5.25 Å². The third-order valence-electron chi connectivity index (χ3n) is 3.12. The summed E-state index contributed by atoms with van der Waals surface area (Å²) in [6, 6.07) is 7.97. The molecule has 108 valence electrons. The van der Waals surface area contributed by atoms with Crippen molar-refractivity contribution >= 4 is 15.7 Å². The van der Waals surface area contributed by atoms with E-state index in [1.165, 1.54) is 4.31 Å². The number of benzene rings is 1. The summed E-state index contributed by atoms with van der Waals surface area (Å²) in [5, 5.41) is -0.381. The molecule has 1 rings (SSSR count). The molecule has 0 aromatic heterocycles. The van der Waals surface area contributed by atoms with Crippen LogP contribution in [-0.2, 0) is 16.6 Å². The fraction of sp³-hybridized carbons (Fsp3) is 0.571. The average Bonchev–Trinajstić information content (AvgIpc) is 2.35. The van der Waals surface area contributed by atoms with E-state index in [0.717, 1.165) is 11.3 Å². The van der Waals surface area contributed by atoms with Gasteiger partial charge in [-0.05, 0) is 31.5 Å². The zero-order valence-electron chi connectivity index (χ0n) is 12.4. The Labute approximate surface area is 117 Å². The third kappa shape index (κ3) is 3.94. The standard InChI is InChI=1S/C14H24N2O2S/c1-6-16(19(17,18)12(2)3)11-13-7-9-14(10-8-13)15(4)5/h7-10,12H,6,11H2,1-5H3. The van der Waals surface area contributed by atoms with Gasteiger partial charge < -0.3 is 4.90 Å². The largest absolute Gasteiger partial charge is 0.378 e. The maximum Gasteiger partial charge on any atom is 0.216 e. The molecule has 0 heterocycles. The maximum absolute atomic E-state index is 12.2. The number of rotatable bonds is 6. The van der Waals surface area contributed by atoms with E-state index in [0.29, 0.717) is 13.1 Å². The Kier molecular flexibility index (Phi) is 5.38. The molecule has 0 saturated heterocycles. The van der Waals surface area contributed by atoms with Crippen molar-refractivity contribution < 1.29 is 8.42 Å². The van der Waals surface area contributed by atoms with Crippen LogP contribution in [0, 0.1) is 0 Å². The van der Waals surface area contributed by atoms with Gasteiger partial charge >= 0.3 is 0 Å². The molecule has 4 nitrogen and oxygen atoms in total. The van der Waals surface area contributed by atoms with Crippen LogP contribution < -0.4 is 4.90 Å². The van der Waals surface area contributed by atoms with Crippen LogP contribution in [0.5, 0.6) is 0 Å². The summed E-state index contributed by atoms with van der Waals surface area (Å²) in [5.41, 5.74) is 2.12. The first-order valence-corrected chi connectivity index (χ1v) is 8.04. The molecule has 0 aliphatic carbocycles. The van der Waals surface area contributed by atoms with Gasteiger partial charge in [-0.3, -0.25) is 0 Å². The first-order valence-electron chi connectivity index (χ1n) is 6.54. The zero-order chi connectivity index (χ0) is 14.6. The lowest BCUT2D eigenvalue weighted by Crippen LogP contribution is -2.35. The molecule has 0 saturated carbocycles. The van der Waals surface area contributed by atoms with Crippen LogP contribution in [0.2, 0.25) is 0 Å². The van der Waals surface area contributed by atoms with E-state index in [4.69, 9.17) is 0 Å². The molecular weight excluding hydrogens is 260 g/mol. The Balaban J connectivity index is 2.88. The van der Waals surface area contributed by atoms with E-state index >= 15 is 0 Å². The predicted molar refractivity (Wildman–Crippen MR) is 80.9 cm³/mol. The van der Waals surface area contributed by atoms with Crippen molar-refractivity contribution in [1.82, 2.24) is 4.31 Å². The Morgan fingerprint density at radius 3 is 2.00 bits per heavy atom. The summed E-state index contributed by atoms with van der Waals surface area (Å²) in [4.78, 5) is 2.02. The molecule has 0 amide bonds. The molecule has 0 N–H and O–H groups in total. The van der Waals surface area contributed by atoms with E-state index in [1.807, 2.05) is 50.2 Å². The Hall–Kier alpha value is -1.07. The summed E-state index contributed by atoms with van der Waals surface area (Å²) < 4.78 is 25.8. The smallest absolute Gasteiger partial charge is 0.216 e. The van der Waals surface area contributed by atoms with Gasteiger partial charge in [-0.25, -0.2) is 8.42 Å². The second kappa shape index (κ2) is 6.39. The highest BCUT2D eigenvalue weighted by Crippen LogP contribution is 2.16. The van der Waals surface area contributed by atoms with Crippen molar-refractivity contribution in [2.75, 3.05) is 25.5 Å². The topological polar surface area (TPSA) is 40.6 Å². The number of sulfonamides is 1. The van der Waals surface area contributed by atoms with Crippen molar-refractivity contribution in [3.63, 3.8) is 0 Å². The molecule has 0 aliphatic heterocycles. The Morgan fingerprint density at radius 2 is 1.63 bits per heavy atom. The summed E-state index contributed by atoms with van der Waals surface area (Å²) in [5.74, 6) is 0. The van der Waals surface area contributed by atoms with Gasteiger partial charge in [-0.15, -0.1) is 0 Å². The molecule has 1 aromatic rings. The Morgan fingerprint density at radius 1 is 1.11 bits per heavy atom. The lowest BCUT2D eigenvalue weighted by molar-refractivity contribution is 0.418. The van der Waals surface area contributed by atoms with Crippen LogP contribution in [0.25, 0.3) is 0 Å². The average molecular weight is 284 g/mol. The fourth-order valence-corrected chi connectivity index (χ4v) is 3.07. The van der Waals surface area contributed by atoms with Gasteiger partial charge in [0, 0.05) is 32.9 Å². The van der Waals surface area contributed by atoms with Crippen molar-refractivity contribution in [3.05, 3.63) is 29.8 Å². The molecule has 0 radical (unpaired) electrons. The first kappa shape index (κ1) is 16.0. The zero-order valence-corrected chi connectivity index (χ0v) is 13.2. The minimum absolute atomic E-state index is 0.381. The second-order valence-corrected chi connectivity index (χ2v) is 7.57. The number of hydrogen-bond acceptors (Lipinski definition) is 3. The van der Waals surface area contributed by atoms with Crippen molar-refractivity contribution in [2.45, 2.75) is 32.6 Å². The molecular formula is C14H24N2O2S. The highest BCUT2D eigenvalue weighted by atomic mass is 32.2. The van der Waals surface area contributed by atoms with Gasteiger partial charge in [-0.1, -0.05) is 19.1 Å². The summed E-state index contributed by atoms with van der Waals surface area (Å²) in [6.07, 6.45) is 0. The molecule has 0 spiro atoms. The molecule has 0 fully saturated rings. The number of anilines is 1. The van der Waals surface area contributed by atoms with Gasteiger partial charge in [-0.2, -0.15) is 4.31 Å². The highest BCUT2D eigenvalue weighted by molar-refractivity contribution is 7.89.